The average Bonchev–Trinajstić information content (AvgIpc) is 2.75. The van der Waals surface area contributed by atoms with Gasteiger partial charge >= 0.3 is 0 Å². The first kappa shape index (κ1) is 11.9. The van der Waals surface area contributed by atoms with E-state index in [4.69, 9.17) is 4.42 Å². The number of benzene rings is 1. The molecule has 2 aromatic rings. The molecule has 0 aliphatic heterocycles. The summed E-state index contributed by atoms with van der Waals surface area (Å²) in [7, 11) is 0. The Morgan fingerprint density at radius 1 is 1.06 bits per heavy atom. The highest BCUT2D eigenvalue weighted by molar-refractivity contribution is 5.31. The minimum absolute atomic E-state index is 0.459. The Morgan fingerprint density at radius 2 is 1.76 bits per heavy atom. The number of aliphatic hydroxyl groups is 1. The van der Waals surface area contributed by atoms with E-state index in [1.165, 1.54) is 5.56 Å². The van der Waals surface area contributed by atoms with Crippen molar-refractivity contribution < 1.29 is 9.52 Å². The third kappa shape index (κ3) is 2.59. The zero-order valence-corrected chi connectivity index (χ0v) is 10.5. The van der Waals surface area contributed by atoms with Gasteiger partial charge in [0.05, 0.1) is 0 Å². The van der Waals surface area contributed by atoms with E-state index in [1.54, 1.807) is 0 Å². The summed E-state index contributed by atoms with van der Waals surface area (Å²) in [6.45, 7) is 6.16. The molecule has 17 heavy (non-hydrogen) atoms. The smallest absolute Gasteiger partial charge is 0.137 e. The van der Waals surface area contributed by atoms with Crippen LogP contribution in [0.1, 0.15) is 48.5 Å². The topological polar surface area (TPSA) is 33.4 Å². The Kier molecular flexibility index (Phi) is 3.34. The van der Waals surface area contributed by atoms with Crippen LogP contribution < -0.4 is 0 Å². The fourth-order valence-corrected chi connectivity index (χ4v) is 1.85. The molecule has 0 unspecified atom stereocenters. The number of aliphatic hydroxyl groups excluding tert-OH is 1. The predicted molar refractivity (Wildman–Crippen MR) is 68.0 cm³/mol. The van der Waals surface area contributed by atoms with E-state index in [2.05, 4.69) is 19.9 Å². The van der Waals surface area contributed by atoms with Crippen LogP contribution in [0.25, 0.3) is 0 Å². The Morgan fingerprint density at radius 3 is 2.35 bits per heavy atom. The number of hydrogen-bond acceptors (Lipinski definition) is 2. The van der Waals surface area contributed by atoms with Crippen LogP contribution in [0.15, 0.2) is 40.8 Å². The minimum Gasteiger partial charge on any atom is -0.463 e. The number of furan rings is 1. The number of aryl methyl sites for hydroxylation is 1. The lowest BCUT2D eigenvalue weighted by Crippen LogP contribution is -1.99. The molecule has 0 aliphatic carbocycles. The van der Waals surface area contributed by atoms with Crippen molar-refractivity contribution in [1.82, 2.24) is 0 Å². The SMILES string of the molecule is Cc1ccc([C@@H](O)c2cccc(C(C)C)c2)o1. The van der Waals surface area contributed by atoms with Crippen molar-refractivity contribution in [2.24, 2.45) is 0 Å². The quantitative estimate of drug-likeness (QED) is 0.870. The van der Waals surface area contributed by atoms with Crippen LogP contribution in [0, 0.1) is 6.92 Å². The van der Waals surface area contributed by atoms with Crippen LogP contribution in [0.3, 0.4) is 0 Å². The first-order valence-electron chi connectivity index (χ1n) is 5.92. The molecule has 2 heteroatoms. The zero-order chi connectivity index (χ0) is 12.4. The Hall–Kier alpha value is -1.54. The molecule has 90 valence electrons. The van der Waals surface area contributed by atoms with Gasteiger partial charge in [-0.2, -0.15) is 0 Å². The van der Waals surface area contributed by atoms with E-state index in [0.717, 1.165) is 11.3 Å². The van der Waals surface area contributed by atoms with Gasteiger partial charge in [0.15, 0.2) is 0 Å². The molecule has 1 heterocycles. The lowest BCUT2D eigenvalue weighted by molar-refractivity contribution is 0.187. The van der Waals surface area contributed by atoms with Crippen LogP contribution in [0.4, 0.5) is 0 Å². The van der Waals surface area contributed by atoms with Crippen molar-refractivity contribution in [2.75, 3.05) is 0 Å². The highest BCUT2D eigenvalue weighted by Gasteiger charge is 2.14. The summed E-state index contributed by atoms with van der Waals surface area (Å²) >= 11 is 0. The van der Waals surface area contributed by atoms with Gasteiger partial charge in [-0.3, -0.25) is 0 Å². The van der Waals surface area contributed by atoms with Crippen molar-refractivity contribution in [1.29, 1.82) is 0 Å². The van der Waals surface area contributed by atoms with E-state index < -0.39 is 6.10 Å². The van der Waals surface area contributed by atoms with Gasteiger partial charge in [0.25, 0.3) is 0 Å². The van der Waals surface area contributed by atoms with Gasteiger partial charge in [0.2, 0.25) is 0 Å². The van der Waals surface area contributed by atoms with Gasteiger partial charge in [-0.05, 0) is 36.1 Å². The fraction of sp³-hybridized carbons (Fsp3) is 0.333. The van der Waals surface area contributed by atoms with Crippen molar-refractivity contribution in [3.05, 3.63) is 59.0 Å². The van der Waals surface area contributed by atoms with Gasteiger partial charge in [-0.1, -0.05) is 38.1 Å². The molecule has 2 rings (SSSR count). The second-order valence-electron chi connectivity index (χ2n) is 4.68. The third-order valence-electron chi connectivity index (χ3n) is 2.92. The molecule has 0 saturated carbocycles. The van der Waals surface area contributed by atoms with Gasteiger partial charge in [-0.25, -0.2) is 0 Å². The Labute approximate surface area is 102 Å². The largest absolute Gasteiger partial charge is 0.463 e. The first-order valence-corrected chi connectivity index (χ1v) is 5.92. The van der Waals surface area contributed by atoms with Crippen LogP contribution in [-0.2, 0) is 0 Å². The minimum atomic E-state index is -0.678. The maximum absolute atomic E-state index is 10.2. The summed E-state index contributed by atoms with van der Waals surface area (Å²) < 4.78 is 5.45. The van der Waals surface area contributed by atoms with E-state index in [-0.39, 0.29) is 0 Å². The normalized spacial score (nSPS) is 13.0. The average molecular weight is 230 g/mol. The fourth-order valence-electron chi connectivity index (χ4n) is 1.85. The Bertz CT molecular complexity index is 497. The second-order valence-corrected chi connectivity index (χ2v) is 4.68. The molecule has 1 aromatic carbocycles. The van der Waals surface area contributed by atoms with E-state index >= 15 is 0 Å². The lowest BCUT2D eigenvalue weighted by Gasteiger charge is -2.11. The van der Waals surface area contributed by atoms with Crippen LogP contribution in [0.5, 0.6) is 0 Å². The zero-order valence-electron chi connectivity index (χ0n) is 10.5. The molecule has 1 N–H and O–H groups in total. The monoisotopic (exact) mass is 230 g/mol. The summed E-state index contributed by atoms with van der Waals surface area (Å²) in [5.74, 6) is 1.88. The summed E-state index contributed by atoms with van der Waals surface area (Å²) in [6.07, 6.45) is -0.678. The first-order chi connectivity index (χ1) is 8.08. The molecule has 0 radical (unpaired) electrons. The molecule has 2 nitrogen and oxygen atoms in total. The molecule has 0 aliphatic rings. The summed E-state index contributed by atoms with van der Waals surface area (Å²) in [4.78, 5) is 0. The van der Waals surface area contributed by atoms with Gasteiger partial charge in [-0.15, -0.1) is 0 Å². The summed E-state index contributed by atoms with van der Waals surface area (Å²) in [5.41, 5.74) is 2.11. The second kappa shape index (κ2) is 4.76. The van der Waals surface area contributed by atoms with Gasteiger partial charge in [0.1, 0.15) is 17.6 Å². The molecule has 1 aromatic heterocycles. The highest BCUT2D eigenvalue weighted by Crippen LogP contribution is 2.26. The Balaban J connectivity index is 2.30. The number of rotatable bonds is 3. The maximum Gasteiger partial charge on any atom is 0.137 e. The molecular formula is C15H18O2. The van der Waals surface area contributed by atoms with Gasteiger partial charge < -0.3 is 9.52 Å². The van der Waals surface area contributed by atoms with E-state index in [9.17, 15) is 5.11 Å². The van der Waals surface area contributed by atoms with Crippen LogP contribution >= 0.6 is 0 Å². The molecule has 0 bridgehead atoms. The van der Waals surface area contributed by atoms with Crippen molar-refractivity contribution in [2.45, 2.75) is 32.8 Å². The van der Waals surface area contributed by atoms with Crippen molar-refractivity contribution >= 4 is 0 Å². The van der Waals surface area contributed by atoms with E-state index in [0.29, 0.717) is 11.7 Å². The van der Waals surface area contributed by atoms with Crippen molar-refractivity contribution in [3.8, 4) is 0 Å². The van der Waals surface area contributed by atoms with Gasteiger partial charge in [0, 0.05) is 0 Å². The van der Waals surface area contributed by atoms with Crippen LogP contribution in [0.2, 0.25) is 0 Å². The third-order valence-corrected chi connectivity index (χ3v) is 2.92. The lowest BCUT2D eigenvalue weighted by atomic mass is 9.98. The molecule has 0 saturated heterocycles. The molecule has 0 spiro atoms. The molecule has 0 fully saturated rings. The molecule has 0 amide bonds. The summed E-state index contributed by atoms with van der Waals surface area (Å²) in [6, 6.07) is 11.7. The maximum atomic E-state index is 10.2. The predicted octanol–water partition coefficient (Wildman–Crippen LogP) is 3.79. The molecular weight excluding hydrogens is 212 g/mol. The number of hydrogen-bond donors (Lipinski definition) is 1. The van der Waals surface area contributed by atoms with Crippen molar-refractivity contribution in [3.63, 3.8) is 0 Å². The van der Waals surface area contributed by atoms with Crippen LogP contribution in [-0.4, -0.2) is 5.11 Å². The highest BCUT2D eigenvalue weighted by atomic mass is 16.4. The standard InChI is InChI=1S/C15H18O2/c1-10(2)12-5-4-6-13(9-12)15(16)14-8-7-11(3)17-14/h4-10,15-16H,1-3H3/t15-/m0/s1. The summed E-state index contributed by atoms with van der Waals surface area (Å²) in [5, 5.41) is 10.2. The van der Waals surface area contributed by atoms with E-state index in [1.807, 2.05) is 37.3 Å². The molecule has 1 atom stereocenters.